The van der Waals surface area contributed by atoms with Gasteiger partial charge in [0.2, 0.25) is 10.0 Å². The molecule has 0 bridgehead atoms. The van der Waals surface area contributed by atoms with E-state index in [-0.39, 0.29) is 22.2 Å². The van der Waals surface area contributed by atoms with E-state index in [0.29, 0.717) is 6.54 Å². The van der Waals surface area contributed by atoms with E-state index < -0.39 is 15.9 Å². The fourth-order valence-corrected chi connectivity index (χ4v) is 2.53. The van der Waals surface area contributed by atoms with Crippen LogP contribution in [0.3, 0.4) is 0 Å². The van der Waals surface area contributed by atoms with Crippen LogP contribution in [0.25, 0.3) is 0 Å². The third-order valence-electron chi connectivity index (χ3n) is 2.96. The number of amides is 1. The van der Waals surface area contributed by atoms with Crippen LogP contribution in [0, 0.1) is 0 Å². The van der Waals surface area contributed by atoms with Crippen molar-refractivity contribution in [2.45, 2.75) is 24.9 Å². The first-order valence-electron chi connectivity index (χ1n) is 6.44. The highest BCUT2D eigenvalue weighted by Crippen LogP contribution is 2.14. The van der Waals surface area contributed by atoms with Crippen molar-refractivity contribution in [2.24, 2.45) is 5.14 Å². The summed E-state index contributed by atoms with van der Waals surface area (Å²) in [4.78, 5) is 12.0. The Kier molecular flexibility index (Phi) is 4.84. The summed E-state index contributed by atoms with van der Waals surface area (Å²) in [6, 6.07) is 5.92. The van der Waals surface area contributed by atoms with Crippen molar-refractivity contribution in [1.82, 2.24) is 15.1 Å². The lowest BCUT2D eigenvalue weighted by Crippen LogP contribution is -2.24. The summed E-state index contributed by atoms with van der Waals surface area (Å²) in [5.74, 6) is -0.396. The van der Waals surface area contributed by atoms with E-state index in [9.17, 15) is 13.2 Å². The Labute approximate surface area is 133 Å². The number of aromatic nitrogens is 2. The number of sulfonamides is 1. The molecule has 0 saturated carbocycles. The molecule has 3 N–H and O–H groups in total. The van der Waals surface area contributed by atoms with Gasteiger partial charge in [-0.2, -0.15) is 5.10 Å². The zero-order valence-corrected chi connectivity index (χ0v) is 13.4. The summed E-state index contributed by atoms with van der Waals surface area (Å²) < 4.78 is 23.9. The summed E-state index contributed by atoms with van der Waals surface area (Å²) in [6.45, 7) is 2.72. The monoisotopic (exact) mass is 342 g/mol. The SMILES string of the molecule is CCn1cc(Cl)c(C(=O)NCc2ccc(S(N)(=O)=O)cc2)n1. The lowest BCUT2D eigenvalue weighted by Gasteiger charge is -2.05. The van der Waals surface area contributed by atoms with Crippen LogP contribution >= 0.6 is 11.6 Å². The van der Waals surface area contributed by atoms with Crippen molar-refractivity contribution in [3.63, 3.8) is 0 Å². The van der Waals surface area contributed by atoms with Gasteiger partial charge >= 0.3 is 0 Å². The first kappa shape index (κ1) is 16.5. The first-order chi connectivity index (χ1) is 10.3. The number of primary sulfonamides is 1. The maximum Gasteiger partial charge on any atom is 0.273 e. The van der Waals surface area contributed by atoms with Crippen LogP contribution < -0.4 is 10.5 Å². The Hall–Kier alpha value is -1.90. The fourth-order valence-electron chi connectivity index (χ4n) is 1.78. The Balaban J connectivity index is 2.03. The number of carbonyl (C=O) groups is 1. The van der Waals surface area contributed by atoms with Gasteiger partial charge in [-0.05, 0) is 24.6 Å². The molecule has 1 amide bonds. The van der Waals surface area contributed by atoms with Crippen molar-refractivity contribution in [1.29, 1.82) is 0 Å². The quantitative estimate of drug-likeness (QED) is 0.849. The fraction of sp³-hybridized carbons (Fsp3) is 0.231. The van der Waals surface area contributed by atoms with Crippen molar-refractivity contribution in [3.05, 3.63) is 46.7 Å². The molecule has 0 radical (unpaired) electrons. The molecule has 2 aromatic rings. The Bertz CT molecular complexity index is 784. The molecule has 9 heteroatoms. The minimum Gasteiger partial charge on any atom is -0.347 e. The standard InChI is InChI=1S/C13H15ClN4O3S/c1-2-18-8-11(14)12(17-18)13(19)16-7-9-3-5-10(6-4-9)22(15,20)21/h3-6,8H,2,7H2,1H3,(H,16,19)(H2,15,20,21). The number of carbonyl (C=O) groups excluding carboxylic acids is 1. The van der Waals surface area contributed by atoms with Crippen molar-refractivity contribution in [2.75, 3.05) is 0 Å². The summed E-state index contributed by atoms with van der Waals surface area (Å²) in [5, 5.41) is 12.0. The van der Waals surface area contributed by atoms with Gasteiger partial charge in [-0.3, -0.25) is 9.48 Å². The van der Waals surface area contributed by atoms with Crippen LogP contribution in [0.15, 0.2) is 35.4 Å². The van der Waals surface area contributed by atoms with Gasteiger partial charge in [-0.25, -0.2) is 13.6 Å². The number of hydrogen-bond donors (Lipinski definition) is 2. The Morgan fingerprint density at radius 2 is 2.00 bits per heavy atom. The maximum absolute atomic E-state index is 12.0. The molecule has 0 aliphatic carbocycles. The Morgan fingerprint density at radius 1 is 1.36 bits per heavy atom. The average molecular weight is 343 g/mol. The number of nitrogens with one attached hydrogen (secondary N) is 1. The van der Waals surface area contributed by atoms with E-state index in [4.69, 9.17) is 16.7 Å². The molecule has 0 fully saturated rings. The van der Waals surface area contributed by atoms with Gasteiger partial charge < -0.3 is 5.32 Å². The second-order valence-electron chi connectivity index (χ2n) is 4.55. The minimum absolute atomic E-state index is 0.0207. The Morgan fingerprint density at radius 3 is 2.50 bits per heavy atom. The van der Waals surface area contributed by atoms with Gasteiger partial charge in [0.1, 0.15) is 0 Å². The molecule has 1 aromatic carbocycles. The summed E-state index contributed by atoms with van der Waals surface area (Å²) in [6.07, 6.45) is 1.58. The van der Waals surface area contributed by atoms with Crippen LogP contribution in [-0.2, 0) is 23.1 Å². The molecule has 7 nitrogen and oxygen atoms in total. The van der Waals surface area contributed by atoms with Gasteiger partial charge in [-0.15, -0.1) is 0 Å². The zero-order valence-electron chi connectivity index (χ0n) is 11.8. The molecule has 22 heavy (non-hydrogen) atoms. The van der Waals surface area contributed by atoms with Crippen molar-refractivity contribution in [3.8, 4) is 0 Å². The minimum atomic E-state index is -3.72. The molecule has 0 aliphatic rings. The number of benzene rings is 1. The first-order valence-corrected chi connectivity index (χ1v) is 8.36. The van der Waals surface area contributed by atoms with Crippen LogP contribution in [-0.4, -0.2) is 24.1 Å². The van der Waals surface area contributed by atoms with Gasteiger partial charge in [0, 0.05) is 19.3 Å². The van der Waals surface area contributed by atoms with E-state index >= 15 is 0 Å². The van der Waals surface area contributed by atoms with Crippen molar-refractivity contribution < 1.29 is 13.2 Å². The van der Waals surface area contributed by atoms with Crippen LogP contribution in [0.1, 0.15) is 23.0 Å². The molecule has 2 rings (SSSR count). The molecular formula is C13H15ClN4O3S. The number of hydrogen-bond acceptors (Lipinski definition) is 4. The number of nitrogens with zero attached hydrogens (tertiary/aromatic N) is 2. The lowest BCUT2D eigenvalue weighted by molar-refractivity contribution is 0.0945. The van der Waals surface area contributed by atoms with E-state index in [1.165, 1.54) is 12.1 Å². The van der Waals surface area contributed by atoms with Crippen LogP contribution in [0.4, 0.5) is 0 Å². The molecule has 1 aromatic heterocycles. The van der Waals surface area contributed by atoms with E-state index in [1.54, 1.807) is 23.0 Å². The highest BCUT2D eigenvalue weighted by atomic mass is 35.5. The topological polar surface area (TPSA) is 107 Å². The molecule has 0 spiro atoms. The third-order valence-corrected chi connectivity index (χ3v) is 4.17. The summed E-state index contributed by atoms with van der Waals surface area (Å²) >= 11 is 5.95. The predicted octanol–water partition coefficient (Wildman–Crippen LogP) is 1.13. The number of nitrogens with two attached hydrogens (primary N) is 1. The lowest BCUT2D eigenvalue weighted by atomic mass is 10.2. The highest BCUT2D eigenvalue weighted by Gasteiger charge is 2.15. The molecule has 0 saturated heterocycles. The number of rotatable bonds is 5. The summed E-state index contributed by atoms with van der Waals surface area (Å²) in [7, 11) is -3.72. The number of halogens is 1. The van der Waals surface area contributed by atoms with E-state index in [2.05, 4.69) is 10.4 Å². The molecule has 0 unspecified atom stereocenters. The van der Waals surface area contributed by atoms with E-state index in [1.807, 2.05) is 6.92 Å². The van der Waals surface area contributed by atoms with Gasteiger partial charge in [0.15, 0.2) is 5.69 Å². The molecule has 118 valence electrons. The number of aryl methyl sites for hydroxylation is 1. The average Bonchev–Trinajstić information content (AvgIpc) is 2.85. The van der Waals surface area contributed by atoms with Gasteiger partial charge in [-0.1, -0.05) is 23.7 Å². The van der Waals surface area contributed by atoms with Gasteiger partial charge in [0.25, 0.3) is 5.91 Å². The molecule has 0 atom stereocenters. The van der Waals surface area contributed by atoms with Crippen LogP contribution in [0.2, 0.25) is 5.02 Å². The largest absolute Gasteiger partial charge is 0.347 e. The molecule has 1 heterocycles. The van der Waals surface area contributed by atoms with Gasteiger partial charge in [0.05, 0.1) is 9.92 Å². The maximum atomic E-state index is 12.0. The zero-order chi connectivity index (χ0) is 16.3. The normalized spacial score (nSPS) is 11.4. The second-order valence-corrected chi connectivity index (χ2v) is 6.52. The molecule has 0 aliphatic heterocycles. The third kappa shape index (κ3) is 3.85. The predicted molar refractivity (Wildman–Crippen MR) is 81.9 cm³/mol. The highest BCUT2D eigenvalue weighted by molar-refractivity contribution is 7.89. The smallest absolute Gasteiger partial charge is 0.273 e. The van der Waals surface area contributed by atoms with Crippen LogP contribution in [0.5, 0.6) is 0 Å². The van der Waals surface area contributed by atoms with E-state index in [0.717, 1.165) is 5.56 Å². The molecular weight excluding hydrogens is 328 g/mol. The second kappa shape index (κ2) is 6.47. The summed E-state index contributed by atoms with van der Waals surface area (Å²) in [5.41, 5.74) is 0.886. The van der Waals surface area contributed by atoms with Crippen molar-refractivity contribution >= 4 is 27.5 Å².